The Labute approximate surface area is 153 Å². The second kappa shape index (κ2) is 9.20. The normalized spacial score (nSPS) is 13.1. The molecule has 6 heteroatoms. The monoisotopic (exact) mass is 358 g/mol. The first-order valence-corrected chi connectivity index (χ1v) is 8.61. The predicted octanol–water partition coefficient (Wildman–Crippen LogP) is 2.81. The van der Waals surface area contributed by atoms with Gasteiger partial charge in [-0.05, 0) is 49.2 Å². The second-order valence-electron chi connectivity index (χ2n) is 5.68. The summed E-state index contributed by atoms with van der Waals surface area (Å²) in [6.45, 7) is 2.63. The zero-order valence-electron chi connectivity index (χ0n) is 14.2. The molecule has 5 N–H and O–H groups in total. The van der Waals surface area contributed by atoms with Crippen molar-refractivity contribution < 1.29 is 4.79 Å². The number of aromatic nitrogens is 1. The van der Waals surface area contributed by atoms with Crippen molar-refractivity contribution in [2.24, 2.45) is 11.5 Å². The van der Waals surface area contributed by atoms with E-state index in [0.717, 1.165) is 18.4 Å². The van der Waals surface area contributed by atoms with Gasteiger partial charge in [0.25, 0.3) is 5.91 Å². The van der Waals surface area contributed by atoms with Gasteiger partial charge in [0, 0.05) is 29.0 Å². The molecule has 1 aromatic carbocycles. The van der Waals surface area contributed by atoms with Crippen molar-refractivity contribution in [3.8, 4) is 0 Å². The number of nitrogens with zero attached hydrogens (tertiary/aromatic N) is 1. The minimum Gasteiger partial charge on any atom is -0.381 e. The van der Waals surface area contributed by atoms with Gasteiger partial charge < -0.3 is 16.8 Å². The number of carbonyl (C=O) groups is 1. The van der Waals surface area contributed by atoms with Gasteiger partial charge in [-0.15, -0.1) is 0 Å². The molecule has 132 valence electrons. The lowest BCUT2D eigenvalue weighted by Gasteiger charge is -2.23. The lowest BCUT2D eigenvalue weighted by Crippen LogP contribution is -2.31. The molecule has 0 aliphatic rings. The summed E-state index contributed by atoms with van der Waals surface area (Å²) >= 11 is 5.97. The first-order valence-electron chi connectivity index (χ1n) is 8.23. The number of carbonyl (C=O) groups excluding carboxylic acids is 1. The Hall–Kier alpha value is -2.37. The highest BCUT2D eigenvalue weighted by Crippen LogP contribution is 2.26. The van der Waals surface area contributed by atoms with Crippen LogP contribution in [0.1, 0.15) is 30.9 Å². The maximum Gasteiger partial charge on any atom is 0.251 e. The zero-order chi connectivity index (χ0) is 18.2. The standard InChI is InChI=1S/C19H23ClN4O/c1-2-16(7-10-21)24-18(14-8-11-23-12-9-14)17(19(22)25)13-3-5-15(20)6-4-13/h3-6,8-9,11-12,16,24H,2,7,10,21H2,1H3,(H2,22,25)/b18-17-. The number of nitrogens with two attached hydrogens (primary N) is 2. The van der Waals surface area contributed by atoms with Crippen LogP contribution in [-0.2, 0) is 4.79 Å². The van der Waals surface area contributed by atoms with E-state index < -0.39 is 5.91 Å². The molecule has 1 unspecified atom stereocenters. The van der Waals surface area contributed by atoms with Crippen LogP contribution in [0, 0.1) is 0 Å². The molecular weight excluding hydrogens is 336 g/mol. The first kappa shape index (κ1) is 19.0. The van der Waals surface area contributed by atoms with Crippen molar-refractivity contribution in [2.75, 3.05) is 6.54 Å². The fourth-order valence-corrected chi connectivity index (χ4v) is 2.75. The van der Waals surface area contributed by atoms with Crippen molar-refractivity contribution in [1.82, 2.24) is 10.3 Å². The fourth-order valence-electron chi connectivity index (χ4n) is 2.63. The van der Waals surface area contributed by atoms with E-state index in [2.05, 4.69) is 17.2 Å². The highest BCUT2D eigenvalue weighted by molar-refractivity contribution is 6.31. The number of pyridine rings is 1. The Kier molecular flexibility index (Phi) is 6.98. The van der Waals surface area contributed by atoms with Crippen molar-refractivity contribution in [3.05, 3.63) is 64.9 Å². The third-order valence-electron chi connectivity index (χ3n) is 3.95. The van der Waals surface area contributed by atoms with E-state index in [4.69, 9.17) is 23.1 Å². The summed E-state index contributed by atoms with van der Waals surface area (Å²) in [7, 11) is 0. The average Bonchev–Trinajstić information content (AvgIpc) is 2.62. The topological polar surface area (TPSA) is 94.0 Å². The third-order valence-corrected chi connectivity index (χ3v) is 4.21. The summed E-state index contributed by atoms with van der Waals surface area (Å²) in [4.78, 5) is 16.3. The average molecular weight is 359 g/mol. The molecule has 5 nitrogen and oxygen atoms in total. The summed E-state index contributed by atoms with van der Waals surface area (Å²) in [5, 5.41) is 4.05. The number of hydrogen-bond donors (Lipinski definition) is 3. The van der Waals surface area contributed by atoms with Gasteiger partial charge in [0.15, 0.2) is 0 Å². The Morgan fingerprint density at radius 2 is 1.80 bits per heavy atom. The molecule has 0 spiro atoms. The van der Waals surface area contributed by atoms with E-state index in [-0.39, 0.29) is 6.04 Å². The molecule has 0 bridgehead atoms. The maximum atomic E-state index is 12.3. The number of halogens is 1. The number of rotatable bonds is 8. The largest absolute Gasteiger partial charge is 0.381 e. The van der Waals surface area contributed by atoms with Crippen LogP contribution in [0.15, 0.2) is 48.8 Å². The zero-order valence-corrected chi connectivity index (χ0v) is 15.0. The van der Waals surface area contributed by atoms with Gasteiger partial charge in [0.1, 0.15) is 0 Å². The van der Waals surface area contributed by atoms with Gasteiger partial charge in [-0.1, -0.05) is 30.7 Å². The molecule has 0 radical (unpaired) electrons. The first-order chi connectivity index (χ1) is 12.1. The minimum atomic E-state index is -0.510. The molecule has 1 aromatic heterocycles. The van der Waals surface area contributed by atoms with Crippen LogP contribution in [0.3, 0.4) is 0 Å². The summed E-state index contributed by atoms with van der Waals surface area (Å²) in [6, 6.07) is 10.9. The van der Waals surface area contributed by atoms with Crippen LogP contribution in [0.2, 0.25) is 5.02 Å². The van der Waals surface area contributed by atoms with Crippen LogP contribution in [0.4, 0.5) is 0 Å². The van der Waals surface area contributed by atoms with Gasteiger partial charge in [0.05, 0.1) is 11.3 Å². The van der Waals surface area contributed by atoms with Gasteiger partial charge >= 0.3 is 0 Å². The third kappa shape index (κ3) is 5.05. The highest BCUT2D eigenvalue weighted by Gasteiger charge is 2.19. The molecule has 1 amide bonds. The fraction of sp³-hybridized carbons (Fsp3) is 0.263. The molecular formula is C19H23ClN4O. The van der Waals surface area contributed by atoms with E-state index in [1.165, 1.54) is 0 Å². The molecule has 0 aliphatic heterocycles. The number of amides is 1. The van der Waals surface area contributed by atoms with E-state index in [1.54, 1.807) is 36.7 Å². The lowest BCUT2D eigenvalue weighted by molar-refractivity contribution is -0.112. The Morgan fingerprint density at radius 3 is 2.32 bits per heavy atom. The molecule has 0 saturated carbocycles. The van der Waals surface area contributed by atoms with Crippen molar-refractivity contribution in [1.29, 1.82) is 0 Å². The summed E-state index contributed by atoms with van der Waals surface area (Å²) < 4.78 is 0. The summed E-state index contributed by atoms with van der Waals surface area (Å²) in [5.74, 6) is -0.510. The Bertz CT molecular complexity index is 729. The predicted molar refractivity (Wildman–Crippen MR) is 103 cm³/mol. The van der Waals surface area contributed by atoms with Crippen LogP contribution in [0.25, 0.3) is 11.3 Å². The molecule has 0 aliphatic carbocycles. The highest BCUT2D eigenvalue weighted by atomic mass is 35.5. The lowest BCUT2D eigenvalue weighted by atomic mass is 9.98. The number of hydrogen-bond acceptors (Lipinski definition) is 4. The molecule has 25 heavy (non-hydrogen) atoms. The van der Waals surface area contributed by atoms with E-state index in [0.29, 0.717) is 28.4 Å². The number of benzene rings is 1. The Balaban J connectivity index is 2.60. The quantitative estimate of drug-likeness (QED) is 0.632. The van der Waals surface area contributed by atoms with Crippen LogP contribution in [-0.4, -0.2) is 23.5 Å². The van der Waals surface area contributed by atoms with Gasteiger partial charge in [-0.3, -0.25) is 9.78 Å². The van der Waals surface area contributed by atoms with E-state index in [1.807, 2.05) is 12.1 Å². The van der Waals surface area contributed by atoms with Gasteiger partial charge in [-0.25, -0.2) is 0 Å². The molecule has 0 fully saturated rings. The molecule has 2 aromatic rings. The van der Waals surface area contributed by atoms with Crippen LogP contribution >= 0.6 is 11.6 Å². The van der Waals surface area contributed by atoms with Gasteiger partial charge in [0.2, 0.25) is 0 Å². The number of nitrogens with one attached hydrogen (secondary N) is 1. The summed E-state index contributed by atoms with van der Waals surface area (Å²) in [5.41, 5.74) is 14.1. The maximum absolute atomic E-state index is 12.3. The molecule has 1 heterocycles. The van der Waals surface area contributed by atoms with E-state index >= 15 is 0 Å². The summed E-state index contributed by atoms with van der Waals surface area (Å²) in [6.07, 6.45) is 5.03. The molecule has 1 atom stereocenters. The SMILES string of the molecule is CCC(CCN)N/C(=C(\C(N)=O)c1ccc(Cl)cc1)c1ccncc1. The van der Waals surface area contributed by atoms with Crippen molar-refractivity contribution >= 4 is 28.8 Å². The van der Waals surface area contributed by atoms with Gasteiger partial charge in [-0.2, -0.15) is 0 Å². The molecule has 0 saturated heterocycles. The number of primary amides is 1. The molecule has 2 rings (SSSR count). The smallest absolute Gasteiger partial charge is 0.251 e. The van der Waals surface area contributed by atoms with Crippen LogP contribution in [0.5, 0.6) is 0 Å². The van der Waals surface area contributed by atoms with Crippen molar-refractivity contribution in [3.63, 3.8) is 0 Å². The Morgan fingerprint density at radius 1 is 1.16 bits per heavy atom. The van der Waals surface area contributed by atoms with Crippen LogP contribution < -0.4 is 16.8 Å². The minimum absolute atomic E-state index is 0.134. The van der Waals surface area contributed by atoms with Crippen molar-refractivity contribution in [2.45, 2.75) is 25.8 Å². The second-order valence-corrected chi connectivity index (χ2v) is 6.12. The van der Waals surface area contributed by atoms with E-state index in [9.17, 15) is 4.79 Å².